The molecule has 176 valence electrons. The second-order valence-corrected chi connectivity index (χ2v) is 11.3. The van der Waals surface area contributed by atoms with E-state index in [-0.39, 0.29) is 22.7 Å². The van der Waals surface area contributed by atoms with Crippen molar-refractivity contribution in [2.75, 3.05) is 25.4 Å². The van der Waals surface area contributed by atoms with Gasteiger partial charge in [-0.3, -0.25) is 14.9 Å². The number of nitrogens with one attached hydrogen (secondary N) is 2. The summed E-state index contributed by atoms with van der Waals surface area (Å²) in [4.78, 5) is 27.2. The van der Waals surface area contributed by atoms with Gasteiger partial charge < -0.3 is 10.2 Å². The Morgan fingerprint density at radius 3 is 2.39 bits per heavy atom. The third-order valence-electron chi connectivity index (χ3n) is 5.96. The molecular weight excluding hydrogens is 524 g/mol. The molecule has 2 aliphatic heterocycles. The van der Waals surface area contributed by atoms with Crippen LogP contribution in [0.1, 0.15) is 28.8 Å². The molecule has 0 aliphatic carbocycles. The van der Waals surface area contributed by atoms with Crippen molar-refractivity contribution in [3.05, 3.63) is 67.6 Å². The van der Waals surface area contributed by atoms with Crippen LogP contribution in [0, 0.1) is 0 Å². The van der Waals surface area contributed by atoms with Gasteiger partial charge in [0.05, 0.1) is 10.9 Å². The zero-order chi connectivity index (χ0) is 23.6. The van der Waals surface area contributed by atoms with E-state index in [0.717, 1.165) is 18.4 Å². The van der Waals surface area contributed by atoms with Gasteiger partial charge in [0.1, 0.15) is 0 Å². The molecule has 0 aromatic heterocycles. The summed E-state index contributed by atoms with van der Waals surface area (Å²) in [5, 5.41) is 8.60. The van der Waals surface area contributed by atoms with Crippen LogP contribution in [0.15, 0.2) is 36.4 Å². The molecule has 0 saturated carbocycles. The molecule has 2 aromatic rings. The van der Waals surface area contributed by atoms with Crippen LogP contribution in [0.5, 0.6) is 0 Å². The van der Waals surface area contributed by atoms with Crippen molar-refractivity contribution in [3.8, 4) is 0 Å². The highest BCUT2D eigenvalue weighted by Gasteiger charge is 2.44. The lowest BCUT2D eigenvalue weighted by molar-refractivity contribution is -0.122. The van der Waals surface area contributed by atoms with Gasteiger partial charge in [0.2, 0.25) is 5.91 Å². The molecule has 1 atom stereocenters. The van der Waals surface area contributed by atoms with Crippen molar-refractivity contribution in [2.45, 2.75) is 30.2 Å². The van der Waals surface area contributed by atoms with Crippen molar-refractivity contribution in [1.82, 2.24) is 15.5 Å². The van der Waals surface area contributed by atoms with E-state index >= 15 is 0 Å². The standard InChI is InChI=1S/C23H23Cl4N3O2S/c24-16-2-1-14(19(27)12-16)3-6-28-21(31)20-13-33-23(29-20)4-7-30(8-5-23)22(32)15-9-17(25)11-18(26)10-15/h1-2,9-12,20,29H,3-8,13H2,(H,28,31). The van der Waals surface area contributed by atoms with E-state index in [4.69, 9.17) is 46.4 Å². The normalized spacial score (nSPS) is 19.6. The largest absolute Gasteiger partial charge is 0.354 e. The molecule has 2 aromatic carbocycles. The molecule has 2 saturated heterocycles. The second kappa shape index (κ2) is 10.6. The van der Waals surface area contributed by atoms with Gasteiger partial charge in [0, 0.05) is 51.0 Å². The number of carbonyl (C=O) groups is 2. The van der Waals surface area contributed by atoms with Gasteiger partial charge >= 0.3 is 0 Å². The summed E-state index contributed by atoms with van der Waals surface area (Å²) in [6.07, 6.45) is 2.17. The number of rotatable bonds is 5. The van der Waals surface area contributed by atoms with Crippen molar-refractivity contribution in [3.63, 3.8) is 0 Å². The second-order valence-electron chi connectivity index (χ2n) is 8.23. The Balaban J connectivity index is 1.26. The Morgan fingerprint density at radius 1 is 1.03 bits per heavy atom. The minimum Gasteiger partial charge on any atom is -0.354 e. The van der Waals surface area contributed by atoms with E-state index in [1.54, 1.807) is 42.1 Å². The average Bonchev–Trinajstić information content (AvgIpc) is 3.18. The topological polar surface area (TPSA) is 61.4 Å². The first-order chi connectivity index (χ1) is 15.7. The minimum absolute atomic E-state index is 0.0171. The lowest BCUT2D eigenvalue weighted by Crippen LogP contribution is -2.54. The zero-order valence-corrected chi connectivity index (χ0v) is 21.5. The van der Waals surface area contributed by atoms with E-state index in [2.05, 4.69) is 10.6 Å². The molecule has 0 radical (unpaired) electrons. The van der Waals surface area contributed by atoms with Gasteiger partial charge in [-0.25, -0.2) is 0 Å². The van der Waals surface area contributed by atoms with Crippen LogP contribution in [-0.4, -0.2) is 53.0 Å². The van der Waals surface area contributed by atoms with E-state index in [1.165, 1.54) is 0 Å². The fourth-order valence-electron chi connectivity index (χ4n) is 4.17. The number of hydrogen-bond donors (Lipinski definition) is 2. The minimum atomic E-state index is -0.260. The maximum atomic E-state index is 12.9. The predicted octanol–water partition coefficient (Wildman–Crippen LogP) is 5.30. The molecular formula is C23H23Cl4N3O2S. The molecule has 2 N–H and O–H groups in total. The van der Waals surface area contributed by atoms with E-state index < -0.39 is 0 Å². The lowest BCUT2D eigenvalue weighted by Gasteiger charge is -2.39. The summed E-state index contributed by atoms with van der Waals surface area (Å²) >= 11 is 26.0. The highest BCUT2D eigenvalue weighted by atomic mass is 35.5. The maximum absolute atomic E-state index is 12.9. The first kappa shape index (κ1) is 25.0. The third-order valence-corrected chi connectivity index (χ3v) is 8.56. The Bertz CT molecular complexity index is 1040. The van der Waals surface area contributed by atoms with Crippen LogP contribution < -0.4 is 10.6 Å². The fourth-order valence-corrected chi connectivity index (χ4v) is 6.62. The van der Waals surface area contributed by atoms with Gasteiger partial charge in [-0.05, 0) is 55.2 Å². The van der Waals surface area contributed by atoms with Crippen LogP contribution in [0.2, 0.25) is 20.1 Å². The van der Waals surface area contributed by atoms with Crippen LogP contribution in [-0.2, 0) is 11.2 Å². The number of carbonyl (C=O) groups excluding carboxylic acids is 2. The Labute approximate surface area is 217 Å². The summed E-state index contributed by atoms with van der Waals surface area (Å²) in [5.74, 6) is 0.606. The molecule has 2 heterocycles. The van der Waals surface area contributed by atoms with Crippen LogP contribution >= 0.6 is 58.2 Å². The SMILES string of the molecule is O=C(NCCc1ccc(Cl)cc1Cl)C1CSC2(CCN(C(=O)c3cc(Cl)cc(Cl)c3)CC2)N1. The lowest BCUT2D eigenvalue weighted by atomic mass is 10.0. The molecule has 2 aliphatic rings. The van der Waals surface area contributed by atoms with Crippen molar-refractivity contribution >= 4 is 70.0 Å². The highest BCUT2D eigenvalue weighted by Crippen LogP contribution is 2.39. The zero-order valence-electron chi connectivity index (χ0n) is 17.7. The molecule has 10 heteroatoms. The first-order valence-electron chi connectivity index (χ1n) is 10.6. The molecule has 5 nitrogen and oxygen atoms in total. The van der Waals surface area contributed by atoms with E-state index in [1.807, 2.05) is 11.0 Å². The number of likely N-dealkylation sites (tertiary alicyclic amines) is 1. The smallest absolute Gasteiger partial charge is 0.253 e. The van der Waals surface area contributed by atoms with E-state index in [9.17, 15) is 9.59 Å². The van der Waals surface area contributed by atoms with E-state index in [0.29, 0.717) is 57.5 Å². The number of thioether (sulfide) groups is 1. The monoisotopic (exact) mass is 545 g/mol. The van der Waals surface area contributed by atoms with Gasteiger partial charge in [0.25, 0.3) is 5.91 Å². The number of benzene rings is 2. The Kier molecular flexibility index (Phi) is 8.04. The number of nitrogens with zero attached hydrogens (tertiary/aromatic N) is 1. The molecule has 33 heavy (non-hydrogen) atoms. The van der Waals surface area contributed by atoms with Gasteiger partial charge in [0.15, 0.2) is 0 Å². The maximum Gasteiger partial charge on any atom is 0.253 e. The van der Waals surface area contributed by atoms with Crippen molar-refractivity contribution in [1.29, 1.82) is 0 Å². The quantitative estimate of drug-likeness (QED) is 0.534. The molecule has 4 rings (SSSR count). The van der Waals surface area contributed by atoms with Crippen LogP contribution in [0.25, 0.3) is 0 Å². The summed E-state index contributed by atoms with van der Waals surface area (Å²) in [6.45, 7) is 1.71. The molecule has 1 unspecified atom stereocenters. The fraction of sp³-hybridized carbons (Fsp3) is 0.391. The highest BCUT2D eigenvalue weighted by molar-refractivity contribution is 8.01. The summed E-state index contributed by atoms with van der Waals surface area (Å²) in [7, 11) is 0. The van der Waals surface area contributed by atoms with Crippen LogP contribution in [0.4, 0.5) is 0 Å². The molecule has 0 bridgehead atoms. The molecule has 2 fully saturated rings. The van der Waals surface area contributed by atoms with Gasteiger partial charge in [-0.15, -0.1) is 11.8 Å². The van der Waals surface area contributed by atoms with Gasteiger partial charge in [-0.2, -0.15) is 0 Å². The number of halogens is 4. The number of hydrogen-bond acceptors (Lipinski definition) is 4. The number of piperidine rings is 1. The van der Waals surface area contributed by atoms with Crippen LogP contribution in [0.3, 0.4) is 0 Å². The van der Waals surface area contributed by atoms with Gasteiger partial charge in [-0.1, -0.05) is 52.5 Å². The predicted molar refractivity (Wildman–Crippen MR) is 137 cm³/mol. The summed E-state index contributed by atoms with van der Waals surface area (Å²) in [6, 6.07) is 10.0. The van der Waals surface area contributed by atoms with Crippen molar-refractivity contribution < 1.29 is 9.59 Å². The number of amides is 2. The third kappa shape index (κ3) is 6.11. The molecule has 1 spiro atoms. The summed E-state index contributed by atoms with van der Waals surface area (Å²) < 4.78 is 0. The summed E-state index contributed by atoms with van der Waals surface area (Å²) in [5.41, 5.74) is 1.44. The Morgan fingerprint density at radius 2 is 1.73 bits per heavy atom. The molecule has 2 amide bonds. The Hall–Kier alpha value is -1.15. The average molecular weight is 547 g/mol. The first-order valence-corrected chi connectivity index (χ1v) is 13.1. The van der Waals surface area contributed by atoms with Crippen molar-refractivity contribution in [2.24, 2.45) is 0 Å².